The van der Waals surface area contributed by atoms with Crippen LogP contribution >= 0.6 is 0 Å². The Morgan fingerprint density at radius 1 is 1.36 bits per heavy atom. The summed E-state index contributed by atoms with van der Waals surface area (Å²) in [6.45, 7) is 1.78. The van der Waals surface area contributed by atoms with Gasteiger partial charge in [0.25, 0.3) is 6.01 Å². The second-order valence-electron chi connectivity index (χ2n) is 2.98. The molecule has 72 valence electrons. The second-order valence-corrected chi connectivity index (χ2v) is 2.98. The minimum Gasteiger partial charge on any atom is -0.507 e. The van der Waals surface area contributed by atoms with Crippen LogP contribution in [0.2, 0.25) is 0 Å². The van der Waals surface area contributed by atoms with Crippen LogP contribution in [0.4, 0.5) is 6.01 Å². The van der Waals surface area contributed by atoms with Crippen LogP contribution in [-0.2, 0) is 0 Å². The molecular weight excluding hydrogens is 180 g/mol. The van der Waals surface area contributed by atoms with Crippen molar-refractivity contribution in [3.8, 4) is 17.1 Å². The Balaban J connectivity index is 2.60. The first-order valence-electron chi connectivity index (χ1n) is 4.20. The van der Waals surface area contributed by atoms with Crippen molar-refractivity contribution in [3.05, 3.63) is 30.0 Å². The third-order valence-electron chi connectivity index (χ3n) is 1.96. The highest BCUT2D eigenvalue weighted by molar-refractivity contribution is 5.67. The molecular formula is C10H10N2O2. The van der Waals surface area contributed by atoms with Crippen molar-refractivity contribution in [2.75, 3.05) is 5.73 Å². The van der Waals surface area contributed by atoms with E-state index in [0.29, 0.717) is 17.0 Å². The van der Waals surface area contributed by atoms with E-state index in [0.717, 1.165) is 0 Å². The summed E-state index contributed by atoms with van der Waals surface area (Å²) in [5.74, 6) is 0.673. The van der Waals surface area contributed by atoms with Crippen LogP contribution < -0.4 is 5.73 Å². The van der Waals surface area contributed by atoms with Crippen LogP contribution in [0.25, 0.3) is 11.3 Å². The Labute approximate surface area is 81.0 Å². The summed E-state index contributed by atoms with van der Waals surface area (Å²) < 4.78 is 5.19. The number of hydrogen-bond donors (Lipinski definition) is 2. The van der Waals surface area contributed by atoms with Gasteiger partial charge >= 0.3 is 0 Å². The summed E-state index contributed by atoms with van der Waals surface area (Å²) in [5.41, 5.74) is 6.68. The molecule has 0 fully saturated rings. The topological polar surface area (TPSA) is 72.3 Å². The normalized spacial score (nSPS) is 10.4. The Bertz CT molecular complexity index is 463. The number of hydrogen-bond acceptors (Lipinski definition) is 4. The zero-order valence-corrected chi connectivity index (χ0v) is 7.69. The molecule has 0 amide bonds. The van der Waals surface area contributed by atoms with Gasteiger partial charge < -0.3 is 15.3 Å². The Kier molecular flexibility index (Phi) is 1.89. The SMILES string of the molecule is Cc1nc(N)oc1-c1ccccc1O. The van der Waals surface area contributed by atoms with Gasteiger partial charge in [0.05, 0.1) is 11.3 Å². The lowest BCUT2D eigenvalue weighted by Gasteiger charge is -1.99. The average Bonchev–Trinajstić information content (AvgIpc) is 2.46. The van der Waals surface area contributed by atoms with Crippen molar-refractivity contribution < 1.29 is 9.52 Å². The smallest absolute Gasteiger partial charge is 0.292 e. The molecule has 0 unspecified atom stereocenters. The van der Waals surface area contributed by atoms with Gasteiger partial charge in [-0.1, -0.05) is 12.1 Å². The molecule has 0 atom stereocenters. The Morgan fingerprint density at radius 2 is 2.07 bits per heavy atom. The van der Waals surface area contributed by atoms with Crippen LogP contribution in [0.1, 0.15) is 5.69 Å². The number of aromatic nitrogens is 1. The number of nitrogens with two attached hydrogens (primary N) is 1. The minimum atomic E-state index is 0.112. The molecule has 1 aromatic heterocycles. The number of aryl methyl sites for hydroxylation is 1. The molecule has 0 aliphatic rings. The monoisotopic (exact) mass is 190 g/mol. The first-order valence-corrected chi connectivity index (χ1v) is 4.20. The summed E-state index contributed by atoms with van der Waals surface area (Å²) in [4.78, 5) is 3.93. The van der Waals surface area contributed by atoms with Gasteiger partial charge in [-0.05, 0) is 19.1 Å². The number of benzene rings is 1. The third-order valence-corrected chi connectivity index (χ3v) is 1.96. The van der Waals surface area contributed by atoms with Gasteiger partial charge in [-0.3, -0.25) is 0 Å². The van der Waals surface area contributed by atoms with Crippen LogP contribution in [0.3, 0.4) is 0 Å². The third kappa shape index (κ3) is 1.31. The van der Waals surface area contributed by atoms with E-state index in [2.05, 4.69) is 4.98 Å². The number of anilines is 1. The highest BCUT2D eigenvalue weighted by atomic mass is 16.4. The van der Waals surface area contributed by atoms with Crippen molar-refractivity contribution >= 4 is 6.01 Å². The van der Waals surface area contributed by atoms with Crippen molar-refractivity contribution in [1.82, 2.24) is 4.98 Å². The fraction of sp³-hybridized carbons (Fsp3) is 0.100. The van der Waals surface area contributed by atoms with Crippen molar-refractivity contribution in [2.45, 2.75) is 6.92 Å². The Hall–Kier alpha value is -1.97. The predicted molar refractivity (Wildman–Crippen MR) is 52.8 cm³/mol. The predicted octanol–water partition coefficient (Wildman–Crippen LogP) is 1.94. The molecule has 1 heterocycles. The number of nitrogens with zero attached hydrogens (tertiary/aromatic N) is 1. The lowest BCUT2D eigenvalue weighted by atomic mass is 10.1. The molecule has 2 rings (SSSR count). The van der Waals surface area contributed by atoms with E-state index in [9.17, 15) is 5.11 Å². The maximum atomic E-state index is 9.57. The van der Waals surface area contributed by atoms with Crippen molar-refractivity contribution in [3.63, 3.8) is 0 Å². The molecule has 0 saturated heterocycles. The van der Waals surface area contributed by atoms with Gasteiger partial charge in [0.1, 0.15) is 5.75 Å². The number of rotatable bonds is 1. The number of phenolic OH excluding ortho intramolecular Hbond substituents is 1. The number of aromatic hydroxyl groups is 1. The number of para-hydroxylation sites is 1. The van der Waals surface area contributed by atoms with Gasteiger partial charge in [-0.15, -0.1) is 0 Å². The minimum absolute atomic E-state index is 0.112. The summed E-state index contributed by atoms with van der Waals surface area (Å²) in [6, 6.07) is 7.01. The fourth-order valence-corrected chi connectivity index (χ4v) is 1.33. The van der Waals surface area contributed by atoms with Gasteiger partial charge in [0.15, 0.2) is 5.76 Å². The highest BCUT2D eigenvalue weighted by Gasteiger charge is 2.12. The summed E-state index contributed by atoms with van der Waals surface area (Å²) in [5, 5.41) is 9.57. The van der Waals surface area contributed by atoms with Crippen LogP contribution in [0, 0.1) is 6.92 Å². The van der Waals surface area contributed by atoms with E-state index in [1.807, 2.05) is 6.07 Å². The van der Waals surface area contributed by atoms with E-state index < -0.39 is 0 Å². The average molecular weight is 190 g/mol. The summed E-state index contributed by atoms with van der Waals surface area (Å²) in [6.07, 6.45) is 0. The van der Waals surface area contributed by atoms with E-state index in [1.165, 1.54) is 0 Å². The first-order chi connectivity index (χ1) is 6.68. The van der Waals surface area contributed by atoms with Gasteiger partial charge in [0, 0.05) is 0 Å². The maximum Gasteiger partial charge on any atom is 0.292 e. The van der Waals surface area contributed by atoms with Crippen LogP contribution in [0.5, 0.6) is 5.75 Å². The molecule has 0 aliphatic heterocycles. The molecule has 3 N–H and O–H groups in total. The van der Waals surface area contributed by atoms with Crippen LogP contribution in [0.15, 0.2) is 28.7 Å². The maximum absolute atomic E-state index is 9.57. The molecule has 0 bridgehead atoms. The second kappa shape index (κ2) is 3.06. The van der Waals surface area contributed by atoms with Crippen molar-refractivity contribution in [2.24, 2.45) is 0 Å². The van der Waals surface area contributed by atoms with E-state index >= 15 is 0 Å². The molecule has 0 saturated carbocycles. The van der Waals surface area contributed by atoms with E-state index in [1.54, 1.807) is 25.1 Å². The van der Waals surface area contributed by atoms with E-state index in [4.69, 9.17) is 10.2 Å². The Morgan fingerprint density at radius 3 is 2.64 bits per heavy atom. The lowest BCUT2D eigenvalue weighted by molar-refractivity contribution is 0.474. The molecule has 1 aromatic carbocycles. The molecule has 4 heteroatoms. The van der Waals surface area contributed by atoms with E-state index in [-0.39, 0.29) is 11.8 Å². The molecule has 0 aliphatic carbocycles. The molecule has 0 spiro atoms. The zero-order chi connectivity index (χ0) is 10.1. The highest BCUT2D eigenvalue weighted by Crippen LogP contribution is 2.31. The van der Waals surface area contributed by atoms with Gasteiger partial charge in [-0.25, -0.2) is 0 Å². The van der Waals surface area contributed by atoms with Crippen molar-refractivity contribution in [1.29, 1.82) is 0 Å². The largest absolute Gasteiger partial charge is 0.507 e. The van der Waals surface area contributed by atoms with Crippen LogP contribution in [-0.4, -0.2) is 10.1 Å². The zero-order valence-electron chi connectivity index (χ0n) is 7.69. The quantitative estimate of drug-likeness (QED) is 0.720. The van der Waals surface area contributed by atoms with Gasteiger partial charge in [-0.2, -0.15) is 4.98 Å². The molecule has 2 aromatic rings. The molecule has 0 radical (unpaired) electrons. The first kappa shape index (κ1) is 8.62. The van der Waals surface area contributed by atoms with Gasteiger partial charge in [0.2, 0.25) is 0 Å². The molecule has 14 heavy (non-hydrogen) atoms. The standard InChI is InChI=1S/C10H10N2O2/c1-6-9(14-10(11)12-6)7-4-2-3-5-8(7)13/h2-5,13H,1H3,(H2,11,12). The fourth-order valence-electron chi connectivity index (χ4n) is 1.33. The number of oxazole rings is 1. The molecule has 4 nitrogen and oxygen atoms in total. The lowest BCUT2D eigenvalue weighted by Crippen LogP contribution is -1.81. The summed E-state index contributed by atoms with van der Waals surface area (Å²) >= 11 is 0. The summed E-state index contributed by atoms with van der Waals surface area (Å²) in [7, 11) is 0. The number of nitrogen functional groups attached to an aromatic ring is 1. The number of phenols is 1.